The molecule has 1 saturated heterocycles. The number of benzene rings is 1. The number of rotatable bonds is 6. The van der Waals surface area contributed by atoms with Gasteiger partial charge in [-0.3, -0.25) is 9.59 Å². The lowest BCUT2D eigenvalue weighted by Crippen LogP contribution is -2.53. The van der Waals surface area contributed by atoms with E-state index >= 15 is 0 Å². The summed E-state index contributed by atoms with van der Waals surface area (Å²) in [5, 5.41) is 12.9. The van der Waals surface area contributed by atoms with E-state index in [4.69, 9.17) is 4.65 Å². The lowest BCUT2D eigenvalue weighted by atomic mass is 9.72. The van der Waals surface area contributed by atoms with Crippen LogP contribution < -0.4 is 5.32 Å². The summed E-state index contributed by atoms with van der Waals surface area (Å²) in [6.45, 7) is 1.60. The number of imidazole rings is 1. The number of nitrogens with zero attached hydrogens (tertiary/aromatic N) is 2. The maximum atomic E-state index is 12.4. The third-order valence-corrected chi connectivity index (χ3v) is 4.40. The van der Waals surface area contributed by atoms with Gasteiger partial charge in [0.15, 0.2) is 0 Å². The van der Waals surface area contributed by atoms with Gasteiger partial charge in [0.25, 0.3) is 0 Å². The van der Waals surface area contributed by atoms with Crippen molar-refractivity contribution in [2.24, 2.45) is 0 Å². The summed E-state index contributed by atoms with van der Waals surface area (Å²) in [5.74, 6) is 0.0354. The molecule has 0 aliphatic carbocycles. The summed E-state index contributed by atoms with van der Waals surface area (Å²) >= 11 is 0. The Hall–Kier alpha value is -2.45. The topological polar surface area (TPSA) is 93.5 Å². The molecule has 2 atom stereocenters. The van der Waals surface area contributed by atoms with Crippen LogP contribution in [0.25, 0.3) is 11.4 Å². The number of Topliss-reactive ketones (excluding diaryl/α,β-unsaturated/α-hetero) is 1. The SMILES string of the molecule is CC(=O)C[C@@H]1CC[C@H](NC(=O)Cn2ccnc2-c2ccccc2)B(O)O1. The highest BCUT2D eigenvalue weighted by molar-refractivity contribution is 6.45. The maximum Gasteiger partial charge on any atom is 0.478 e. The molecule has 0 bridgehead atoms. The molecular formula is C18H22BN3O4. The smallest absolute Gasteiger partial charge is 0.426 e. The summed E-state index contributed by atoms with van der Waals surface area (Å²) in [6, 6.07) is 9.63. The molecule has 0 saturated carbocycles. The van der Waals surface area contributed by atoms with Crippen LogP contribution in [0.1, 0.15) is 26.2 Å². The lowest BCUT2D eigenvalue weighted by Gasteiger charge is -2.31. The number of amides is 1. The Bertz CT molecular complexity index is 765. The van der Waals surface area contributed by atoms with Crippen molar-refractivity contribution >= 4 is 18.8 Å². The molecule has 136 valence electrons. The van der Waals surface area contributed by atoms with Crippen molar-refractivity contribution in [1.29, 1.82) is 0 Å². The predicted molar refractivity (Wildman–Crippen MR) is 97.0 cm³/mol. The monoisotopic (exact) mass is 355 g/mol. The van der Waals surface area contributed by atoms with Crippen molar-refractivity contribution in [1.82, 2.24) is 14.9 Å². The summed E-state index contributed by atoms with van der Waals surface area (Å²) in [7, 11) is -1.10. The first-order valence-corrected chi connectivity index (χ1v) is 8.72. The molecule has 0 radical (unpaired) electrons. The summed E-state index contributed by atoms with van der Waals surface area (Å²) < 4.78 is 7.20. The zero-order chi connectivity index (χ0) is 18.5. The first kappa shape index (κ1) is 18.3. The molecule has 1 fully saturated rings. The van der Waals surface area contributed by atoms with E-state index in [1.54, 1.807) is 17.0 Å². The van der Waals surface area contributed by atoms with Gasteiger partial charge in [0.1, 0.15) is 18.2 Å². The molecule has 1 amide bonds. The molecule has 2 heterocycles. The highest BCUT2D eigenvalue weighted by Crippen LogP contribution is 2.19. The van der Waals surface area contributed by atoms with E-state index in [1.807, 2.05) is 30.3 Å². The molecule has 0 spiro atoms. The molecule has 2 N–H and O–H groups in total. The average Bonchev–Trinajstić information content (AvgIpc) is 3.05. The highest BCUT2D eigenvalue weighted by atomic mass is 16.5. The molecule has 26 heavy (non-hydrogen) atoms. The zero-order valence-electron chi connectivity index (χ0n) is 14.7. The van der Waals surface area contributed by atoms with E-state index in [1.165, 1.54) is 6.92 Å². The van der Waals surface area contributed by atoms with Crippen LogP contribution in [-0.4, -0.2) is 45.4 Å². The van der Waals surface area contributed by atoms with Crippen molar-refractivity contribution in [2.75, 3.05) is 0 Å². The largest absolute Gasteiger partial charge is 0.478 e. The number of hydrogen-bond acceptors (Lipinski definition) is 5. The third-order valence-electron chi connectivity index (χ3n) is 4.40. The zero-order valence-corrected chi connectivity index (χ0v) is 14.7. The van der Waals surface area contributed by atoms with Gasteiger partial charge in [0, 0.05) is 30.5 Å². The van der Waals surface area contributed by atoms with Gasteiger partial charge in [-0.25, -0.2) is 4.98 Å². The van der Waals surface area contributed by atoms with E-state index in [0.717, 1.165) is 5.56 Å². The fourth-order valence-corrected chi connectivity index (χ4v) is 3.17. The molecule has 3 rings (SSSR count). The number of ketones is 1. The van der Waals surface area contributed by atoms with Crippen molar-refractivity contribution in [2.45, 2.75) is 44.8 Å². The van der Waals surface area contributed by atoms with Crippen molar-refractivity contribution in [3.8, 4) is 11.4 Å². The fraction of sp³-hybridized carbons (Fsp3) is 0.389. The van der Waals surface area contributed by atoms with Crippen LogP contribution in [0.3, 0.4) is 0 Å². The molecule has 1 aliphatic heterocycles. The van der Waals surface area contributed by atoms with E-state index in [2.05, 4.69) is 10.3 Å². The fourth-order valence-electron chi connectivity index (χ4n) is 3.17. The molecule has 1 aromatic carbocycles. The Morgan fingerprint density at radius 2 is 2.12 bits per heavy atom. The Morgan fingerprint density at radius 1 is 1.35 bits per heavy atom. The van der Waals surface area contributed by atoms with E-state index < -0.39 is 13.1 Å². The predicted octanol–water partition coefficient (Wildman–Crippen LogP) is 1.21. The van der Waals surface area contributed by atoms with Crippen LogP contribution in [0, 0.1) is 0 Å². The summed E-state index contributed by atoms with van der Waals surface area (Å²) in [5.41, 5.74) is 0.929. The van der Waals surface area contributed by atoms with Gasteiger partial charge in [0.2, 0.25) is 5.91 Å². The van der Waals surface area contributed by atoms with Gasteiger partial charge in [-0.1, -0.05) is 30.3 Å². The number of nitrogens with one attached hydrogen (secondary N) is 1. The highest BCUT2D eigenvalue weighted by Gasteiger charge is 2.36. The number of aromatic nitrogens is 2. The molecule has 7 nitrogen and oxygen atoms in total. The second kappa shape index (κ2) is 8.29. The molecule has 1 aromatic heterocycles. The molecule has 8 heteroatoms. The Labute approximate surface area is 152 Å². The van der Waals surface area contributed by atoms with E-state index in [-0.39, 0.29) is 30.8 Å². The summed E-state index contributed by atoms with van der Waals surface area (Å²) in [6.07, 6.45) is 4.60. The van der Waals surface area contributed by atoms with E-state index in [0.29, 0.717) is 18.7 Å². The van der Waals surface area contributed by atoms with Crippen LogP contribution in [0.5, 0.6) is 0 Å². The van der Waals surface area contributed by atoms with Crippen LogP contribution in [0.15, 0.2) is 42.7 Å². The average molecular weight is 355 g/mol. The van der Waals surface area contributed by atoms with Crippen molar-refractivity contribution < 1.29 is 19.3 Å². The van der Waals surface area contributed by atoms with Gasteiger partial charge in [-0.05, 0) is 19.8 Å². The van der Waals surface area contributed by atoms with Crippen LogP contribution in [0.4, 0.5) is 0 Å². The van der Waals surface area contributed by atoms with Gasteiger partial charge >= 0.3 is 7.12 Å². The number of carbonyl (C=O) groups is 2. The Kier molecular flexibility index (Phi) is 5.85. The molecule has 0 unspecified atom stereocenters. The van der Waals surface area contributed by atoms with Crippen molar-refractivity contribution in [3.63, 3.8) is 0 Å². The third kappa shape index (κ3) is 4.59. The minimum Gasteiger partial charge on any atom is -0.426 e. The van der Waals surface area contributed by atoms with Gasteiger partial charge < -0.3 is 19.6 Å². The first-order valence-electron chi connectivity index (χ1n) is 8.72. The lowest BCUT2D eigenvalue weighted by molar-refractivity contribution is -0.123. The maximum absolute atomic E-state index is 12.4. The molecule has 1 aliphatic rings. The second-order valence-electron chi connectivity index (χ2n) is 6.55. The van der Waals surface area contributed by atoms with E-state index in [9.17, 15) is 14.6 Å². The van der Waals surface area contributed by atoms with Crippen molar-refractivity contribution in [3.05, 3.63) is 42.7 Å². The summed E-state index contributed by atoms with van der Waals surface area (Å²) in [4.78, 5) is 27.9. The quantitative estimate of drug-likeness (QED) is 0.760. The minimum atomic E-state index is -1.10. The Morgan fingerprint density at radius 3 is 2.81 bits per heavy atom. The van der Waals surface area contributed by atoms with Crippen LogP contribution >= 0.6 is 0 Å². The molecule has 2 aromatic rings. The van der Waals surface area contributed by atoms with Crippen LogP contribution in [-0.2, 0) is 20.8 Å². The van der Waals surface area contributed by atoms with Gasteiger partial charge in [-0.15, -0.1) is 0 Å². The Balaban J connectivity index is 1.57. The minimum absolute atomic E-state index is 0.0261. The number of hydrogen-bond donors (Lipinski definition) is 2. The van der Waals surface area contributed by atoms with Crippen LogP contribution in [0.2, 0.25) is 0 Å². The first-order chi connectivity index (χ1) is 12.5. The standard InChI is InChI=1S/C18H22BN3O4/c1-13(23)11-15-7-8-16(19(25)26-15)21-17(24)12-22-10-9-20-18(22)14-5-3-2-4-6-14/h2-6,9-10,15-16,25H,7-8,11-12H2,1H3,(H,21,24)/t15-,16-/m0/s1. The van der Waals surface area contributed by atoms with Gasteiger partial charge in [0.05, 0.1) is 5.94 Å². The molecular weight excluding hydrogens is 333 g/mol. The normalized spacial score (nSPS) is 20.0. The van der Waals surface area contributed by atoms with Gasteiger partial charge in [-0.2, -0.15) is 0 Å². The number of carbonyl (C=O) groups excluding carboxylic acids is 2. The second-order valence-corrected chi connectivity index (χ2v) is 6.55.